The third-order valence-corrected chi connectivity index (χ3v) is 2.77. The Labute approximate surface area is 111 Å². The predicted molar refractivity (Wildman–Crippen MR) is 72.8 cm³/mol. The molecule has 0 saturated heterocycles. The smallest absolute Gasteiger partial charge is 0.354 e. The second kappa shape index (κ2) is 4.53. The van der Waals surface area contributed by atoms with Crippen molar-refractivity contribution in [2.24, 2.45) is 0 Å². The molecule has 0 bridgehead atoms. The summed E-state index contributed by atoms with van der Waals surface area (Å²) in [5.74, 6) is -0.402. The summed E-state index contributed by atoms with van der Waals surface area (Å²) in [6.07, 6.45) is 0. The molecule has 6 nitrogen and oxygen atoms in total. The molecular formula is C13H18N4O2. The number of aromatic nitrogens is 3. The van der Waals surface area contributed by atoms with Gasteiger partial charge in [0, 0.05) is 24.1 Å². The summed E-state index contributed by atoms with van der Waals surface area (Å²) in [7, 11) is 0. The number of aromatic carboxylic acids is 1. The maximum atomic E-state index is 11.1. The van der Waals surface area contributed by atoms with Crippen molar-refractivity contribution < 1.29 is 9.90 Å². The number of fused-ring (bicyclic) bond motifs is 1. The van der Waals surface area contributed by atoms with E-state index >= 15 is 0 Å². The molecule has 2 aromatic rings. The Morgan fingerprint density at radius 2 is 2.11 bits per heavy atom. The highest BCUT2D eigenvalue weighted by molar-refractivity contribution is 5.87. The molecule has 0 aliphatic heterocycles. The van der Waals surface area contributed by atoms with Gasteiger partial charge in [-0.05, 0) is 6.92 Å². The fourth-order valence-corrected chi connectivity index (χ4v) is 1.76. The number of carbonyl (C=O) groups is 1. The van der Waals surface area contributed by atoms with Crippen LogP contribution >= 0.6 is 0 Å². The van der Waals surface area contributed by atoms with E-state index in [1.807, 2.05) is 13.0 Å². The van der Waals surface area contributed by atoms with Gasteiger partial charge in [0.15, 0.2) is 11.3 Å². The van der Waals surface area contributed by atoms with Gasteiger partial charge in [0.25, 0.3) is 0 Å². The minimum Gasteiger partial charge on any atom is -0.477 e. The van der Waals surface area contributed by atoms with Crippen LogP contribution in [-0.2, 0) is 5.41 Å². The molecule has 0 unspecified atom stereocenters. The first kappa shape index (κ1) is 13.3. The lowest BCUT2D eigenvalue weighted by atomic mass is 9.93. The molecular weight excluding hydrogens is 244 g/mol. The van der Waals surface area contributed by atoms with Gasteiger partial charge >= 0.3 is 5.97 Å². The Bertz CT molecular complexity index is 625. The molecule has 0 aliphatic rings. The fraction of sp³-hybridized carbons (Fsp3) is 0.462. The summed E-state index contributed by atoms with van der Waals surface area (Å²) >= 11 is 0. The van der Waals surface area contributed by atoms with Crippen LogP contribution in [0.2, 0.25) is 0 Å². The van der Waals surface area contributed by atoms with Crippen LogP contribution in [0.3, 0.4) is 0 Å². The summed E-state index contributed by atoms with van der Waals surface area (Å²) in [5, 5.41) is 16.7. The highest BCUT2D eigenvalue weighted by Gasteiger charge is 2.20. The SMILES string of the molecule is CCNc1cc(C(=O)O)nc2cc(C(C)(C)C)nn12. The first-order valence-electron chi connectivity index (χ1n) is 6.21. The number of anilines is 1. The first-order valence-corrected chi connectivity index (χ1v) is 6.21. The number of nitrogens with one attached hydrogen (secondary N) is 1. The molecule has 0 fully saturated rings. The van der Waals surface area contributed by atoms with Crippen LogP contribution in [0.4, 0.5) is 5.82 Å². The van der Waals surface area contributed by atoms with Crippen LogP contribution in [0.15, 0.2) is 12.1 Å². The fourth-order valence-electron chi connectivity index (χ4n) is 1.76. The molecule has 0 spiro atoms. The predicted octanol–water partition coefficient (Wildman–Crippen LogP) is 2.16. The van der Waals surface area contributed by atoms with Gasteiger partial charge in [0.1, 0.15) is 5.82 Å². The Kier molecular flexibility index (Phi) is 3.18. The highest BCUT2D eigenvalue weighted by atomic mass is 16.4. The van der Waals surface area contributed by atoms with E-state index < -0.39 is 5.97 Å². The van der Waals surface area contributed by atoms with E-state index in [2.05, 4.69) is 36.2 Å². The van der Waals surface area contributed by atoms with E-state index in [4.69, 9.17) is 5.11 Å². The number of rotatable bonds is 3. The third kappa shape index (κ3) is 2.52. The Morgan fingerprint density at radius 3 is 2.63 bits per heavy atom. The zero-order chi connectivity index (χ0) is 14.2. The number of carboxylic acids is 1. The van der Waals surface area contributed by atoms with Crippen LogP contribution in [0, 0.1) is 0 Å². The molecule has 102 valence electrons. The van der Waals surface area contributed by atoms with E-state index in [9.17, 15) is 4.79 Å². The lowest BCUT2D eigenvalue weighted by Gasteiger charge is -2.13. The van der Waals surface area contributed by atoms with Crippen molar-refractivity contribution in [3.63, 3.8) is 0 Å². The molecule has 2 rings (SSSR count). The summed E-state index contributed by atoms with van der Waals surface area (Å²) in [5.41, 5.74) is 1.33. The molecule has 0 atom stereocenters. The van der Waals surface area contributed by atoms with Gasteiger partial charge in [-0.2, -0.15) is 9.61 Å². The molecule has 2 aromatic heterocycles. The monoisotopic (exact) mass is 262 g/mol. The van der Waals surface area contributed by atoms with Gasteiger partial charge in [-0.3, -0.25) is 0 Å². The average molecular weight is 262 g/mol. The van der Waals surface area contributed by atoms with Crippen LogP contribution in [0.25, 0.3) is 5.65 Å². The quantitative estimate of drug-likeness (QED) is 0.886. The van der Waals surface area contributed by atoms with Crippen LogP contribution in [-0.4, -0.2) is 32.2 Å². The lowest BCUT2D eigenvalue weighted by molar-refractivity contribution is 0.0690. The van der Waals surface area contributed by atoms with Crippen molar-refractivity contribution >= 4 is 17.4 Å². The van der Waals surface area contributed by atoms with Gasteiger partial charge in [0.05, 0.1) is 5.69 Å². The van der Waals surface area contributed by atoms with E-state index in [1.54, 1.807) is 4.52 Å². The molecule has 19 heavy (non-hydrogen) atoms. The number of nitrogens with zero attached hydrogens (tertiary/aromatic N) is 3. The second-order valence-electron chi connectivity index (χ2n) is 5.41. The van der Waals surface area contributed by atoms with Gasteiger partial charge in [-0.25, -0.2) is 9.78 Å². The van der Waals surface area contributed by atoms with Gasteiger partial charge in [-0.15, -0.1) is 0 Å². The van der Waals surface area contributed by atoms with Crippen LogP contribution in [0.1, 0.15) is 43.9 Å². The number of hydrogen-bond donors (Lipinski definition) is 2. The third-order valence-electron chi connectivity index (χ3n) is 2.77. The van der Waals surface area contributed by atoms with Crippen molar-refractivity contribution in [2.75, 3.05) is 11.9 Å². The lowest BCUT2D eigenvalue weighted by Crippen LogP contribution is -2.13. The topological polar surface area (TPSA) is 79.5 Å². The van der Waals surface area contributed by atoms with Crippen molar-refractivity contribution in [1.29, 1.82) is 0 Å². The van der Waals surface area contributed by atoms with Crippen molar-refractivity contribution in [3.8, 4) is 0 Å². The van der Waals surface area contributed by atoms with Gasteiger partial charge < -0.3 is 10.4 Å². The Morgan fingerprint density at radius 1 is 1.42 bits per heavy atom. The van der Waals surface area contributed by atoms with E-state index in [-0.39, 0.29) is 11.1 Å². The Hall–Kier alpha value is -2.11. The molecule has 2 heterocycles. The highest BCUT2D eigenvalue weighted by Crippen LogP contribution is 2.23. The van der Waals surface area contributed by atoms with Crippen molar-refractivity contribution in [3.05, 3.63) is 23.5 Å². The van der Waals surface area contributed by atoms with Crippen LogP contribution < -0.4 is 5.32 Å². The largest absolute Gasteiger partial charge is 0.477 e. The second-order valence-corrected chi connectivity index (χ2v) is 5.41. The zero-order valence-corrected chi connectivity index (χ0v) is 11.6. The van der Waals surface area contributed by atoms with Crippen molar-refractivity contribution in [1.82, 2.24) is 14.6 Å². The maximum Gasteiger partial charge on any atom is 0.354 e. The summed E-state index contributed by atoms with van der Waals surface area (Å²) in [6, 6.07) is 3.32. The van der Waals surface area contributed by atoms with Gasteiger partial charge in [-0.1, -0.05) is 20.8 Å². The van der Waals surface area contributed by atoms with Crippen LogP contribution in [0.5, 0.6) is 0 Å². The zero-order valence-electron chi connectivity index (χ0n) is 11.6. The molecule has 0 aliphatic carbocycles. The summed E-state index contributed by atoms with van der Waals surface area (Å²) < 4.78 is 1.65. The molecule has 0 amide bonds. The molecule has 2 N–H and O–H groups in total. The Balaban J connectivity index is 2.67. The molecule has 0 aromatic carbocycles. The number of hydrogen-bond acceptors (Lipinski definition) is 4. The van der Waals surface area contributed by atoms with E-state index in [0.717, 1.165) is 5.69 Å². The molecule has 6 heteroatoms. The van der Waals surface area contributed by atoms with E-state index in [0.29, 0.717) is 18.0 Å². The van der Waals surface area contributed by atoms with Crippen molar-refractivity contribution in [2.45, 2.75) is 33.1 Å². The maximum absolute atomic E-state index is 11.1. The van der Waals surface area contributed by atoms with E-state index in [1.165, 1.54) is 6.07 Å². The normalized spacial score (nSPS) is 11.8. The summed E-state index contributed by atoms with van der Waals surface area (Å²) in [4.78, 5) is 15.2. The number of carboxylic acid groups (broad SMARTS) is 1. The first-order chi connectivity index (χ1) is 8.82. The molecule has 0 saturated carbocycles. The average Bonchev–Trinajstić information content (AvgIpc) is 2.72. The minimum absolute atomic E-state index is 0.0174. The van der Waals surface area contributed by atoms with Gasteiger partial charge in [0.2, 0.25) is 0 Å². The summed E-state index contributed by atoms with van der Waals surface area (Å²) in [6.45, 7) is 8.79. The standard InChI is InChI=1S/C13H18N4O2/c1-5-14-10-6-8(12(18)19)15-11-7-9(13(2,3)4)16-17(10)11/h6-7,14H,5H2,1-4H3,(H,18,19). The molecule has 0 radical (unpaired) electrons. The minimum atomic E-state index is -1.04.